The molecule has 0 aliphatic carbocycles. The summed E-state index contributed by atoms with van der Waals surface area (Å²) in [5.74, 6) is 0.300. The highest BCUT2D eigenvalue weighted by molar-refractivity contribution is 7.86. The highest BCUT2D eigenvalue weighted by atomic mass is 32.2. The van der Waals surface area contributed by atoms with Crippen molar-refractivity contribution in [3.8, 4) is 11.4 Å². The third-order valence-electron chi connectivity index (χ3n) is 4.62. The van der Waals surface area contributed by atoms with Crippen molar-refractivity contribution in [1.29, 1.82) is 0 Å². The Bertz CT molecular complexity index is 831. The number of nitrogens with zero attached hydrogens (tertiary/aromatic N) is 5. The maximum Gasteiger partial charge on any atom is 0.281 e. The van der Waals surface area contributed by atoms with Gasteiger partial charge in [0.15, 0.2) is 0 Å². The van der Waals surface area contributed by atoms with Gasteiger partial charge >= 0.3 is 0 Å². The summed E-state index contributed by atoms with van der Waals surface area (Å²) < 4.78 is 29.2. The van der Waals surface area contributed by atoms with E-state index in [4.69, 9.17) is 4.98 Å². The second-order valence-corrected chi connectivity index (χ2v) is 8.70. The molecule has 1 fully saturated rings. The van der Waals surface area contributed by atoms with Crippen molar-refractivity contribution in [3.05, 3.63) is 36.2 Å². The SMILES string of the molecule is CCn1nccc1-c1cccc(CC2CCN(S(=O)(=O)N(C)C)C2)n1. The van der Waals surface area contributed by atoms with Crippen LogP contribution in [0.15, 0.2) is 30.5 Å². The van der Waals surface area contributed by atoms with Gasteiger partial charge in [-0.15, -0.1) is 0 Å². The largest absolute Gasteiger partial charge is 0.281 e. The molecule has 0 amide bonds. The molecule has 136 valence electrons. The summed E-state index contributed by atoms with van der Waals surface area (Å²) in [7, 11) is -0.172. The Balaban J connectivity index is 1.72. The highest BCUT2D eigenvalue weighted by Gasteiger charge is 2.32. The van der Waals surface area contributed by atoms with E-state index >= 15 is 0 Å². The lowest BCUT2D eigenvalue weighted by Gasteiger charge is -2.20. The Kier molecular flexibility index (Phi) is 5.21. The highest BCUT2D eigenvalue weighted by Crippen LogP contribution is 2.24. The molecule has 1 unspecified atom stereocenters. The lowest BCUT2D eigenvalue weighted by molar-refractivity contribution is 0.409. The molecule has 3 rings (SSSR count). The summed E-state index contributed by atoms with van der Waals surface area (Å²) in [6.45, 7) is 3.99. The Morgan fingerprint density at radius 2 is 2.08 bits per heavy atom. The van der Waals surface area contributed by atoms with Crippen LogP contribution in [0.5, 0.6) is 0 Å². The smallest absolute Gasteiger partial charge is 0.264 e. The van der Waals surface area contributed by atoms with Crippen molar-refractivity contribution in [2.45, 2.75) is 26.3 Å². The molecule has 0 aromatic carbocycles. The fourth-order valence-electron chi connectivity index (χ4n) is 3.24. The fraction of sp³-hybridized carbons (Fsp3) is 0.529. The van der Waals surface area contributed by atoms with Crippen LogP contribution in [0.1, 0.15) is 19.0 Å². The predicted octanol–water partition coefficient (Wildman–Crippen LogP) is 1.64. The molecule has 1 atom stereocenters. The monoisotopic (exact) mass is 363 g/mol. The molecule has 1 aliphatic heterocycles. The third-order valence-corrected chi connectivity index (χ3v) is 6.53. The molecule has 2 aromatic heterocycles. The van der Waals surface area contributed by atoms with Crippen molar-refractivity contribution in [1.82, 2.24) is 23.4 Å². The summed E-state index contributed by atoms with van der Waals surface area (Å²) in [5, 5.41) is 4.30. The minimum Gasteiger partial charge on any atom is -0.264 e. The van der Waals surface area contributed by atoms with Crippen molar-refractivity contribution in [2.75, 3.05) is 27.2 Å². The first-order chi connectivity index (χ1) is 11.9. The Morgan fingerprint density at radius 3 is 2.80 bits per heavy atom. The van der Waals surface area contributed by atoms with Crippen LogP contribution in [-0.2, 0) is 23.2 Å². The van der Waals surface area contributed by atoms with Crippen LogP contribution in [0.4, 0.5) is 0 Å². The van der Waals surface area contributed by atoms with Gasteiger partial charge in [-0.05, 0) is 43.9 Å². The molecular formula is C17H25N5O2S. The summed E-state index contributed by atoms with van der Waals surface area (Å²) in [5.41, 5.74) is 2.91. The maximum atomic E-state index is 12.2. The van der Waals surface area contributed by atoms with Crippen LogP contribution in [0, 0.1) is 5.92 Å². The summed E-state index contributed by atoms with van der Waals surface area (Å²) in [6.07, 6.45) is 3.44. The normalized spacial score (nSPS) is 19.0. The fourth-order valence-corrected chi connectivity index (χ4v) is 4.44. The third kappa shape index (κ3) is 3.75. The van der Waals surface area contributed by atoms with E-state index in [1.807, 2.05) is 28.9 Å². The molecule has 0 saturated carbocycles. The first-order valence-corrected chi connectivity index (χ1v) is 9.97. The quantitative estimate of drug-likeness (QED) is 0.782. The van der Waals surface area contributed by atoms with Gasteiger partial charge in [0.1, 0.15) is 0 Å². The first kappa shape index (κ1) is 18.0. The average Bonchev–Trinajstić information content (AvgIpc) is 3.24. The van der Waals surface area contributed by atoms with Gasteiger partial charge in [0.2, 0.25) is 0 Å². The standard InChI is InChI=1S/C17H25N5O2S/c1-4-22-17(8-10-18-22)16-7-5-6-15(19-16)12-14-9-11-21(13-14)25(23,24)20(2)3/h5-8,10,14H,4,9,11-13H2,1-3H3. The topological polar surface area (TPSA) is 71.3 Å². The molecule has 7 nitrogen and oxygen atoms in total. The molecular weight excluding hydrogens is 338 g/mol. The van der Waals surface area contributed by atoms with Gasteiger partial charge in [-0.25, -0.2) is 0 Å². The number of hydrogen-bond acceptors (Lipinski definition) is 4. The second-order valence-electron chi connectivity index (χ2n) is 6.55. The zero-order valence-corrected chi connectivity index (χ0v) is 15.8. The van der Waals surface area contributed by atoms with Gasteiger partial charge in [-0.1, -0.05) is 6.07 Å². The lowest BCUT2D eigenvalue weighted by atomic mass is 10.0. The summed E-state index contributed by atoms with van der Waals surface area (Å²) >= 11 is 0. The lowest BCUT2D eigenvalue weighted by Crippen LogP contribution is -2.38. The van der Waals surface area contributed by atoms with Gasteiger partial charge < -0.3 is 0 Å². The number of rotatable bonds is 6. The number of pyridine rings is 1. The van der Waals surface area contributed by atoms with Gasteiger partial charge in [-0.2, -0.15) is 22.1 Å². The number of aromatic nitrogens is 3. The number of aryl methyl sites for hydroxylation is 1. The molecule has 0 N–H and O–H groups in total. The van der Waals surface area contributed by atoms with E-state index in [1.165, 1.54) is 4.31 Å². The van der Waals surface area contributed by atoms with E-state index in [0.717, 1.165) is 36.5 Å². The molecule has 3 heterocycles. The zero-order chi connectivity index (χ0) is 18.0. The molecule has 0 bridgehead atoms. The molecule has 1 aliphatic rings. The van der Waals surface area contributed by atoms with Gasteiger partial charge in [0, 0.05) is 45.6 Å². The second kappa shape index (κ2) is 7.23. The van der Waals surface area contributed by atoms with E-state index in [1.54, 1.807) is 24.6 Å². The van der Waals surface area contributed by atoms with Crippen LogP contribution < -0.4 is 0 Å². The van der Waals surface area contributed by atoms with Crippen LogP contribution in [-0.4, -0.2) is 59.0 Å². The van der Waals surface area contributed by atoms with Crippen LogP contribution in [0.3, 0.4) is 0 Å². The Hall–Kier alpha value is -1.77. The van der Waals surface area contributed by atoms with E-state index in [0.29, 0.717) is 19.0 Å². The van der Waals surface area contributed by atoms with E-state index in [2.05, 4.69) is 12.0 Å². The minimum atomic E-state index is -3.32. The van der Waals surface area contributed by atoms with Crippen molar-refractivity contribution in [2.24, 2.45) is 5.92 Å². The van der Waals surface area contributed by atoms with E-state index in [9.17, 15) is 8.42 Å². The van der Waals surface area contributed by atoms with Crippen molar-refractivity contribution in [3.63, 3.8) is 0 Å². The van der Waals surface area contributed by atoms with E-state index < -0.39 is 10.2 Å². The molecule has 0 radical (unpaired) electrons. The molecule has 2 aromatic rings. The van der Waals surface area contributed by atoms with Gasteiger partial charge in [0.05, 0.1) is 11.4 Å². The molecule has 25 heavy (non-hydrogen) atoms. The molecule has 8 heteroatoms. The Morgan fingerprint density at radius 1 is 1.28 bits per heavy atom. The zero-order valence-electron chi connectivity index (χ0n) is 15.0. The summed E-state index contributed by atoms with van der Waals surface area (Å²) in [4.78, 5) is 4.77. The molecule has 1 saturated heterocycles. The van der Waals surface area contributed by atoms with Crippen LogP contribution in [0.2, 0.25) is 0 Å². The average molecular weight is 363 g/mol. The minimum absolute atomic E-state index is 0.300. The van der Waals surface area contributed by atoms with Crippen molar-refractivity contribution < 1.29 is 8.42 Å². The van der Waals surface area contributed by atoms with Crippen molar-refractivity contribution >= 4 is 10.2 Å². The maximum absolute atomic E-state index is 12.2. The molecule has 0 spiro atoms. The summed E-state index contributed by atoms with van der Waals surface area (Å²) in [6, 6.07) is 7.98. The Labute approximate surface area is 149 Å². The first-order valence-electron chi connectivity index (χ1n) is 8.57. The van der Waals surface area contributed by atoms with Gasteiger partial charge in [-0.3, -0.25) is 9.67 Å². The van der Waals surface area contributed by atoms with Gasteiger partial charge in [0.25, 0.3) is 10.2 Å². The predicted molar refractivity (Wildman–Crippen MR) is 97.1 cm³/mol. The van der Waals surface area contributed by atoms with E-state index in [-0.39, 0.29) is 0 Å². The van der Waals surface area contributed by atoms with Crippen LogP contribution in [0.25, 0.3) is 11.4 Å². The number of hydrogen-bond donors (Lipinski definition) is 0. The van der Waals surface area contributed by atoms with Crippen LogP contribution >= 0.6 is 0 Å².